The third kappa shape index (κ3) is 4.42. The summed E-state index contributed by atoms with van der Waals surface area (Å²) in [5, 5.41) is 2.76. The fraction of sp³-hybridized carbons (Fsp3) is 0.462. The Kier molecular flexibility index (Phi) is 4.97. The average Bonchev–Trinajstić information content (AvgIpc) is 2.82. The molecule has 21 heavy (non-hydrogen) atoms. The van der Waals surface area contributed by atoms with Crippen molar-refractivity contribution < 1.29 is 17.9 Å². The van der Waals surface area contributed by atoms with Gasteiger partial charge in [0.15, 0.2) is 0 Å². The number of ether oxygens (including phenoxy) is 1. The van der Waals surface area contributed by atoms with Crippen LogP contribution in [-0.4, -0.2) is 33.1 Å². The normalized spacial score (nSPS) is 22.2. The van der Waals surface area contributed by atoms with E-state index in [1.165, 1.54) is 12.1 Å². The van der Waals surface area contributed by atoms with E-state index in [1.807, 2.05) is 6.92 Å². The van der Waals surface area contributed by atoms with Crippen molar-refractivity contribution in [1.82, 2.24) is 5.32 Å². The lowest BCUT2D eigenvalue weighted by atomic mass is 10.0. The zero-order valence-electron chi connectivity index (χ0n) is 11.4. The molecule has 1 amide bonds. The first-order valence-corrected chi connectivity index (χ1v) is 9.47. The Morgan fingerprint density at radius 3 is 2.76 bits per heavy atom. The predicted octanol–water partition coefficient (Wildman–Crippen LogP) is 2.68. The molecule has 1 aliphatic heterocycles. The van der Waals surface area contributed by atoms with Crippen molar-refractivity contribution in [1.29, 1.82) is 0 Å². The van der Waals surface area contributed by atoms with Crippen LogP contribution < -0.4 is 5.32 Å². The van der Waals surface area contributed by atoms with Gasteiger partial charge < -0.3 is 10.1 Å². The van der Waals surface area contributed by atoms with Gasteiger partial charge in [0.25, 0.3) is 15.0 Å². The van der Waals surface area contributed by atoms with Gasteiger partial charge in [0.05, 0.1) is 10.5 Å². The van der Waals surface area contributed by atoms with Crippen LogP contribution in [-0.2, 0) is 13.8 Å². The Balaban J connectivity index is 2.14. The second kappa shape index (κ2) is 6.24. The molecule has 1 unspecified atom stereocenters. The molecule has 1 N–H and O–H groups in total. The van der Waals surface area contributed by atoms with Crippen molar-refractivity contribution in [3.8, 4) is 0 Å². The molecule has 0 spiro atoms. The van der Waals surface area contributed by atoms with E-state index in [-0.39, 0.29) is 22.0 Å². The van der Waals surface area contributed by atoms with Crippen LogP contribution in [0.1, 0.15) is 30.1 Å². The summed E-state index contributed by atoms with van der Waals surface area (Å²) in [6.07, 6.45) is 1.85. The molecule has 5 nitrogen and oxygen atoms in total. The first-order valence-electron chi connectivity index (χ1n) is 6.37. The zero-order valence-corrected chi connectivity index (χ0v) is 14.5. The summed E-state index contributed by atoms with van der Waals surface area (Å²) in [5.41, 5.74) is -0.131. The molecular weight excluding hydrogens is 382 g/mol. The molecule has 0 aromatic heterocycles. The summed E-state index contributed by atoms with van der Waals surface area (Å²) in [6, 6.07) is 4.14. The topological polar surface area (TPSA) is 72.5 Å². The van der Waals surface area contributed by atoms with Crippen molar-refractivity contribution >= 4 is 41.6 Å². The van der Waals surface area contributed by atoms with Gasteiger partial charge in [0, 0.05) is 33.9 Å². The molecule has 1 heterocycles. The van der Waals surface area contributed by atoms with Crippen molar-refractivity contribution in [2.75, 3.05) is 13.2 Å². The Hall–Kier alpha value is -0.630. The standard InChI is InChI=1S/C13H15BrClNO4S/c1-13(3-2-4-20-13)8-16-12(17)9-5-10(14)7-11(6-9)21(15,18)19/h5-7H,2-4,8H2,1H3,(H,16,17). The average molecular weight is 397 g/mol. The van der Waals surface area contributed by atoms with Gasteiger partial charge in [-0.15, -0.1) is 0 Å². The van der Waals surface area contributed by atoms with Crippen molar-refractivity contribution in [3.05, 3.63) is 28.2 Å². The van der Waals surface area contributed by atoms with Gasteiger partial charge in [-0.05, 0) is 38.0 Å². The molecule has 1 aliphatic rings. The quantitative estimate of drug-likeness (QED) is 0.794. The van der Waals surface area contributed by atoms with Gasteiger partial charge in [-0.2, -0.15) is 0 Å². The fourth-order valence-electron chi connectivity index (χ4n) is 2.18. The van der Waals surface area contributed by atoms with Gasteiger partial charge >= 0.3 is 0 Å². The molecule has 0 aliphatic carbocycles. The van der Waals surface area contributed by atoms with Gasteiger partial charge in [0.1, 0.15) is 0 Å². The third-order valence-corrected chi connectivity index (χ3v) is 5.13. The van der Waals surface area contributed by atoms with Crippen LogP contribution in [0.5, 0.6) is 0 Å². The van der Waals surface area contributed by atoms with E-state index in [0.717, 1.165) is 12.8 Å². The summed E-state index contributed by atoms with van der Waals surface area (Å²) < 4.78 is 28.8. The van der Waals surface area contributed by atoms with Crippen molar-refractivity contribution in [2.24, 2.45) is 0 Å². The highest BCUT2D eigenvalue weighted by Crippen LogP contribution is 2.25. The lowest BCUT2D eigenvalue weighted by Crippen LogP contribution is -2.40. The third-order valence-electron chi connectivity index (χ3n) is 3.34. The van der Waals surface area contributed by atoms with Crippen LogP contribution >= 0.6 is 26.6 Å². The summed E-state index contributed by atoms with van der Waals surface area (Å²) in [7, 11) is 1.42. The first kappa shape index (κ1) is 16.7. The minimum Gasteiger partial charge on any atom is -0.373 e. The van der Waals surface area contributed by atoms with Gasteiger partial charge in [-0.25, -0.2) is 8.42 Å². The predicted molar refractivity (Wildman–Crippen MR) is 83.1 cm³/mol. The lowest BCUT2D eigenvalue weighted by Gasteiger charge is -2.23. The number of benzene rings is 1. The highest BCUT2D eigenvalue weighted by molar-refractivity contribution is 9.10. The monoisotopic (exact) mass is 395 g/mol. The molecule has 1 saturated heterocycles. The number of hydrogen-bond donors (Lipinski definition) is 1. The largest absolute Gasteiger partial charge is 0.373 e. The molecule has 0 saturated carbocycles. The van der Waals surface area contributed by atoms with Gasteiger partial charge in [0.2, 0.25) is 0 Å². The summed E-state index contributed by atoms with van der Waals surface area (Å²) in [4.78, 5) is 12.0. The Morgan fingerprint density at radius 2 is 2.19 bits per heavy atom. The number of rotatable bonds is 4. The van der Waals surface area contributed by atoms with Crippen LogP contribution in [0.2, 0.25) is 0 Å². The molecule has 8 heteroatoms. The Bertz CT molecular complexity index is 656. The number of carbonyl (C=O) groups excluding carboxylic acids is 1. The van der Waals surface area contributed by atoms with Crippen molar-refractivity contribution in [3.63, 3.8) is 0 Å². The molecule has 2 rings (SSSR count). The molecule has 116 valence electrons. The Labute approximate surface area is 136 Å². The van der Waals surface area contributed by atoms with E-state index in [2.05, 4.69) is 21.2 Å². The van der Waals surface area contributed by atoms with Crippen LogP contribution in [0, 0.1) is 0 Å². The lowest BCUT2D eigenvalue weighted by molar-refractivity contribution is 0.0206. The van der Waals surface area contributed by atoms with Gasteiger partial charge in [-0.1, -0.05) is 15.9 Å². The maximum absolute atomic E-state index is 12.1. The summed E-state index contributed by atoms with van der Waals surface area (Å²) in [5.74, 6) is -0.366. The number of amides is 1. The highest BCUT2D eigenvalue weighted by atomic mass is 79.9. The first-order chi connectivity index (χ1) is 9.70. The summed E-state index contributed by atoms with van der Waals surface area (Å²) >= 11 is 3.17. The van der Waals surface area contributed by atoms with E-state index in [1.54, 1.807) is 6.07 Å². The Morgan fingerprint density at radius 1 is 1.48 bits per heavy atom. The molecule has 1 aromatic carbocycles. The van der Waals surface area contributed by atoms with Crippen LogP contribution in [0.25, 0.3) is 0 Å². The number of halogens is 2. The van der Waals surface area contributed by atoms with E-state index in [0.29, 0.717) is 17.6 Å². The van der Waals surface area contributed by atoms with E-state index in [9.17, 15) is 13.2 Å². The zero-order chi connectivity index (χ0) is 15.7. The smallest absolute Gasteiger partial charge is 0.261 e. The van der Waals surface area contributed by atoms with Crippen molar-refractivity contribution in [2.45, 2.75) is 30.3 Å². The molecule has 0 radical (unpaired) electrons. The second-order valence-corrected chi connectivity index (χ2v) is 8.68. The number of hydrogen-bond acceptors (Lipinski definition) is 4. The summed E-state index contributed by atoms with van der Waals surface area (Å²) in [6.45, 7) is 3.01. The molecule has 0 bridgehead atoms. The maximum atomic E-state index is 12.1. The van der Waals surface area contributed by atoms with Crippen LogP contribution in [0.4, 0.5) is 0 Å². The minimum absolute atomic E-state index is 0.119. The number of nitrogens with one attached hydrogen (secondary N) is 1. The second-order valence-electron chi connectivity index (χ2n) is 5.20. The maximum Gasteiger partial charge on any atom is 0.261 e. The van der Waals surface area contributed by atoms with Crippen LogP contribution in [0.15, 0.2) is 27.6 Å². The molecule has 1 atom stereocenters. The SMILES string of the molecule is CC1(CNC(=O)c2cc(Br)cc(S(=O)(=O)Cl)c2)CCCO1. The number of carbonyl (C=O) groups is 1. The minimum atomic E-state index is -3.89. The molecule has 1 fully saturated rings. The van der Waals surface area contributed by atoms with Crippen LogP contribution in [0.3, 0.4) is 0 Å². The van der Waals surface area contributed by atoms with E-state index in [4.69, 9.17) is 15.4 Å². The molecule has 1 aromatic rings. The van der Waals surface area contributed by atoms with Gasteiger partial charge in [-0.3, -0.25) is 4.79 Å². The van der Waals surface area contributed by atoms with E-state index >= 15 is 0 Å². The fourth-order valence-corrected chi connectivity index (χ4v) is 3.63. The molecular formula is C13H15BrClNO4S. The van der Waals surface area contributed by atoms with E-state index < -0.39 is 9.05 Å². The highest BCUT2D eigenvalue weighted by Gasteiger charge is 2.30.